The van der Waals surface area contributed by atoms with Gasteiger partial charge in [-0.25, -0.2) is 12.8 Å². The molecule has 1 rings (SSSR count). The van der Waals surface area contributed by atoms with Crippen LogP contribution in [0.1, 0.15) is 11.1 Å². The number of phenols is 1. The van der Waals surface area contributed by atoms with Gasteiger partial charge in [0.15, 0.2) is 0 Å². The smallest absolute Gasteiger partial charge is 0.236 e. The Morgan fingerprint density at radius 2 is 2.07 bits per heavy atom. The minimum atomic E-state index is -3.73. The molecule has 1 aromatic carbocycles. The highest BCUT2D eigenvalue weighted by Crippen LogP contribution is 2.23. The van der Waals surface area contributed by atoms with Crippen molar-refractivity contribution in [1.29, 1.82) is 0 Å². The lowest BCUT2D eigenvalue weighted by molar-refractivity contribution is 0.462. The first-order valence-electron chi connectivity index (χ1n) is 3.70. The lowest BCUT2D eigenvalue weighted by Crippen LogP contribution is -1.96. The van der Waals surface area contributed by atoms with Gasteiger partial charge in [0.05, 0.1) is 5.75 Å². The predicted octanol–water partition coefficient (Wildman–Crippen LogP) is 1.91. The summed E-state index contributed by atoms with van der Waals surface area (Å²) in [6.45, 7) is 1.39. The molecule has 0 atom stereocenters. The highest BCUT2D eigenvalue weighted by atomic mass is 35.7. The van der Waals surface area contributed by atoms with E-state index in [1.54, 1.807) is 0 Å². The van der Waals surface area contributed by atoms with Crippen LogP contribution in [0.4, 0.5) is 4.39 Å². The van der Waals surface area contributed by atoms with Gasteiger partial charge in [0.2, 0.25) is 9.05 Å². The van der Waals surface area contributed by atoms with Crippen LogP contribution in [-0.2, 0) is 14.8 Å². The SMILES string of the molecule is Cc1c(O)cc(CS(=O)(=O)Cl)cc1F. The number of aromatic hydroxyl groups is 1. The fourth-order valence-corrected chi connectivity index (χ4v) is 1.94. The molecule has 1 N–H and O–H groups in total. The van der Waals surface area contributed by atoms with Crippen molar-refractivity contribution in [3.8, 4) is 5.75 Å². The van der Waals surface area contributed by atoms with Gasteiger partial charge >= 0.3 is 0 Å². The number of phenolic OH excluding ortho intramolecular Hbond substituents is 1. The summed E-state index contributed by atoms with van der Waals surface area (Å²) in [5.41, 5.74) is 0.210. The molecular formula is C8H8ClFO3S. The number of benzene rings is 1. The Bertz CT molecular complexity index is 433. The van der Waals surface area contributed by atoms with E-state index in [2.05, 4.69) is 0 Å². The second kappa shape index (κ2) is 3.74. The van der Waals surface area contributed by atoms with Crippen molar-refractivity contribution < 1.29 is 17.9 Å². The van der Waals surface area contributed by atoms with E-state index >= 15 is 0 Å². The maximum Gasteiger partial charge on any atom is 0.236 e. The van der Waals surface area contributed by atoms with Crippen LogP contribution >= 0.6 is 10.7 Å². The molecule has 0 unspecified atom stereocenters. The molecule has 0 bridgehead atoms. The highest BCUT2D eigenvalue weighted by molar-refractivity contribution is 8.13. The minimum absolute atomic E-state index is 0.0840. The Kier molecular flexibility index (Phi) is 3.01. The zero-order chi connectivity index (χ0) is 10.9. The molecule has 0 aromatic heterocycles. The number of hydrogen-bond donors (Lipinski definition) is 1. The largest absolute Gasteiger partial charge is 0.508 e. The van der Waals surface area contributed by atoms with Gasteiger partial charge in [0.1, 0.15) is 11.6 Å². The van der Waals surface area contributed by atoms with Gasteiger partial charge in [-0.1, -0.05) is 0 Å². The van der Waals surface area contributed by atoms with E-state index in [4.69, 9.17) is 10.7 Å². The van der Waals surface area contributed by atoms with Crippen molar-refractivity contribution in [3.05, 3.63) is 29.1 Å². The molecule has 0 fully saturated rings. The second-order valence-electron chi connectivity index (χ2n) is 2.90. The number of hydrogen-bond acceptors (Lipinski definition) is 3. The molecule has 0 aliphatic rings. The molecule has 0 saturated carbocycles. The molecule has 14 heavy (non-hydrogen) atoms. The van der Waals surface area contributed by atoms with Crippen molar-refractivity contribution in [2.75, 3.05) is 0 Å². The third kappa shape index (κ3) is 2.85. The summed E-state index contributed by atoms with van der Waals surface area (Å²) in [7, 11) is 1.25. The average Bonchev–Trinajstić information content (AvgIpc) is 1.96. The third-order valence-corrected chi connectivity index (χ3v) is 2.72. The summed E-state index contributed by atoms with van der Waals surface area (Å²) in [4.78, 5) is 0. The predicted molar refractivity (Wildman–Crippen MR) is 51.3 cm³/mol. The van der Waals surface area contributed by atoms with Gasteiger partial charge in [-0.2, -0.15) is 0 Å². The lowest BCUT2D eigenvalue weighted by Gasteiger charge is -2.03. The third-order valence-electron chi connectivity index (χ3n) is 1.72. The van der Waals surface area contributed by atoms with Gasteiger partial charge in [-0.05, 0) is 24.6 Å². The normalized spacial score (nSPS) is 11.6. The molecular weight excluding hydrogens is 231 g/mol. The van der Waals surface area contributed by atoms with E-state index in [0.717, 1.165) is 6.07 Å². The zero-order valence-corrected chi connectivity index (χ0v) is 8.86. The van der Waals surface area contributed by atoms with Crippen LogP contribution in [0.5, 0.6) is 5.75 Å². The summed E-state index contributed by atoms with van der Waals surface area (Å²) < 4.78 is 34.4. The van der Waals surface area contributed by atoms with E-state index < -0.39 is 20.6 Å². The summed E-state index contributed by atoms with van der Waals surface area (Å²) in [6.07, 6.45) is 0. The molecule has 6 heteroatoms. The van der Waals surface area contributed by atoms with Crippen LogP contribution in [0.25, 0.3) is 0 Å². The maximum absolute atomic E-state index is 13.0. The van der Waals surface area contributed by atoms with Crippen molar-refractivity contribution in [3.63, 3.8) is 0 Å². The molecule has 0 aliphatic heterocycles. The van der Waals surface area contributed by atoms with Gasteiger partial charge in [-0.3, -0.25) is 0 Å². The van der Waals surface area contributed by atoms with Crippen molar-refractivity contribution in [1.82, 2.24) is 0 Å². The number of halogens is 2. The fraction of sp³-hybridized carbons (Fsp3) is 0.250. The van der Waals surface area contributed by atoms with Crippen LogP contribution in [0, 0.1) is 12.7 Å². The Morgan fingerprint density at radius 1 is 1.50 bits per heavy atom. The molecule has 0 radical (unpaired) electrons. The van der Waals surface area contributed by atoms with Crippen LogP contribution in [0.2, 0.25) is 0 Å². The zero-order valence-electron chi connectivity index (χ0n) is 7.29. The maximum atomic E-state index is 13.0. The van der Waals surface area contributed by atoms with Gasteiger partial charge < -0.3 is 5.11 Å². The van der Waals surface area contributed by atoms with E-state index in [1.807, 2.05) is 0 Å². The quantitative estimate of drug-likeness (QED) is 0.801. The van der Waals surface area contributed by atoms with Crippen LogP contribution in [0.15, 0.2) is 12.1 Å². The first-order chi connectivity index (χ1) is 6.29. The Morgan fingerprint density at radius 3 is 2.50 bits per heavy atom. The van der Waals surface area contributed by atoms with E-state index in [1.165, 1.54) is 13.0 Å². The van der Waals surface area contributed by atoms with Gasteiger partial charge in [0, 0.05) is 16.2 Å². The van der Waals surface area contributed by atoms with E-state index in [9.17, 15) is 17.9 Å². The van der Waals surface area contributed by atoms with Crippen molar-refractivity contribution >= 4 is 19.7 Å². The lowest BCUT2D eigenvalue weighted by atomic mass is 10.1. The summed E-state index contributed by atoms with van der Waals surface area (Å²) in [5, 5.41) is 9.20. The first kappa shape index (κ1) is 11.3. The van der Waals surface area contributed by atoms with E-state index in [0.29, 0.717) is 0 Å². The molecule has 3 nitrogen and oxygen atoms in total. The topological polar surface area (TPSA) is 54.4 Å². The average molecular weight is 239 g/mol. The summed E-state index contributed by atoms with van der Waals surface area (Å²) >= 11 is 0. The van der Waals surface area contributed by atoms with Gasteiger partial charge in [-0.15, -0.1) is 0 Å². The van der Waals surface area contributed by atoms with Gasteiger partial charge in [0.25, 0.3) is 0 Å². The van der Waals surface area contributed by atoms with Crippen LogP contribution in [-0.4, -0.2) is 13.5 Å². The fourth-order valence-electron chi connectivity index (χ4n) is 1.00. The van der Waals surface area contributed by atoms with E-state index in [-0.39, 0.29) is 16.9 Å². The highest BCUT2D eigenvalue weighted by Gasteiger charge is 2.11. The Balaban J connectivity index is 3.14. The summed E-state index contributed by atoms with van der Waals surface area (Å²) in [6, 6.07) is 2.22. The molecule has 0 heterocycles. The molecule has 0 aliphatic carbocycles. The molecule has 0 spiro atoms. The van der Waals surface area contributed by atoms with Crippen molar-refractivity contribution in [2.45, 2.75) is 12.7 Å². The molecule has 0 saturated heterocycles. The standard InChI is InChI=1S/C8H8ClFO3S/c1-5-7(10)2-6(3-8(5)11)4-14(9,12)13/h2-3,11H,4H2,1H3. The van der Waals surface area contributed by atoms with Crippen LogP contribution < -0.4 is 0 Å². The van der Waals surface area contributed by atoms with Crippen LogP contribution in [0.3, 0.4) is 0 Å². The molecule has 1 aromatic rings. The first-order valence-corrected chi connectivity index (χ1v) is 6.18. The summed E-state index contributed by atoms with van der Waals surface area (Å²) in [5.74, 6) is -1.43. The second-order valence-corrected chi connectivity index (χ2v) is 5.68. The monoisotopic (exact) mass is 238 g/mol. The Labute approximate surface area is 85.6 Å². The Hall–Kier alpha value is -0.810. The molecule has 0 amide bonds. The number of rotatable bonds is 2. The minimum Gasteiger partial charge on any atom is -0.508 e. The molecule has 78 valence electrons. The van der Waals surface area contributed by atoms with Crippen molar-refractivity contribution in [2.24, 2.45) is 0 Å².